The molecule has 0 aliphatic carbocycles. The van der Waals surface area contributed by atoms with Crippen LogP contribution in [0.25, 0.3) is 0 Å². The van der Waals surface area contributed by atoms with Crippen molar-refractivity contribution < 1.29 is 50.9 Å². The molecular weight excluding hydrogens is 393 g/mol. The normalized spacial score (nSPS) is 12.9. The van der Waals surface area contributed by atoms with E-state index in [1.807, 2.05) is 0 Å². The average molecular weight is 420 g/mol. The molecule has 160 valence electrons. The van der Waals surface area contributed by atoms with Crippen molar-refractivity contribution in [1.82, 2.24) is 0 Å². The van der Waals surface area contributed by atoms with E-state index in [1.54, 1.807) is 0 Å². The van der Waals surface area contributed by atoms with E-state index in [4.69, 9.17) is 0 Å². The zero-order valence-corrected chi connectivity index (χ0v) is 17.3. The van der Waals surface area contributed by atoms with Crippen LogP contribution in [0.4, 0.5) is 18.4 Å². The Morgan fingerprint density at radius 3 is 1.44 bits per heavy atom. The highest BCUT2D eigenvalue weighted by atomic mass is 31.2. The van der Waals surface area contributed by atoms with Crippen LogP contribution in [0.3, 0.4) is 0 Å². The molecule has 0 aliphatic rings. The van der Waals surface area contributed by atoms with Gasteiger partial charge in [-0.25, -0.2) is 9.59 Å². The molecule has 0 radical (unpaired) electrons. The van der Waals surface area contributed by atoms with Gasteiger partial charge in [0.2, 0.25) is 13.6 Å². The largest absolute Gasteiger partial charge is 0.510 e. The maximum atomic E-state index is 14.6. The summed E-state index contributed by atoms with van der Waals surface area (Å²) < 4.78 is 69.1. The summed E-state index contributed by atoms with van der Waals surface area (Å²) in [6.45, 7) is 7.23. The minimum absolute atomic E-state index is 0.517. The third kappa shape index (κ3) is 8.40. The molecule has 0 rings (SSSR count). The predicted molar refractivity (Wildman–Crippen MR) is 89.3 cm³/mol. The van der Waals surface area contributed by atoms with Crippen LogP contribution in [-0.2, 0) is 32.6 Å². The molecule has 0 spiro atoms. The van der Waals surface area contributed by atoms with Gasteiger partial charge in [0, 0.05) is 5.41 Å². The van der Waals surface area contributed by atoms with Crippen LogP contribution in [0.15, 0.2) is 0 Å². The van der Waals surface area contributed by atoms with Crippen LogP contribution in [-0.4, -0.2) is 43.8 Å². The van der Waals surface area contributed by atoms with Crippen molar-refractivity contribution in [3.05, 3.63) is 0 Å². The van der Waals surface area contributed by atoms with Gasteiger partial charge in [0.05, 0.1) is 12.2 Å². The summed E-state index contributed by atoms with van der Waals surface area (Å²) in [5.41, 5.74) is -5.85. The third-order valence-electron chi connectivity index (χ3n) is 2.71. The minimum atomic E-state index is -5.22. The van der Waals surface area contributed by atoms with Crippen molar-refractivity contribution >= 4 is 19.9 Å². The van der Waals surface area contributed by atoms with Gasteiger partial charge in [0.25, 0.3) is 0 Å². The van der Waals surface area contributed by atoms with Gasteiger partial charge in [-0.05, 0) is 27.7 Å². The molecule has 27 heavy (non-hydrogen) atoms. The molecule has 0 aromatic heterocycles. The summed E-state index contributed by atoms with van der Waals surface area (Å²) in [5.74, 6) is 0. The van der Waals surface area contributed by atoms with Gasteiger partial charge in [-0.3, -0.25) is 13.6 Å². The Morgan fingerprint density at radius 1 is 0.852 bits per heavy atom. The van der Waals surface area contributed by atoms with E-state index in [9.17, 15) is 22.9 Å². The first kappa shape index (κ1) is 25.6. The molecule has 0 aromatic carbocycles. The summed E-state index contributed by atoms with van der Waals surface area (Å²) in [4.78, 5) is 22.5. The van der Waals surface area contributed by atoms with Crippen LogP contribution in [0.2, 0.25) is 0 Å². The van der Waals surface area contributed by atoms with E-state index in [-0.39, 0.29) is 0 Å². The first-order chi connectivity index (χ1) is 12.1. The Labute approximate surface area is 157 Å². The molecule has 0 fully saturated rings. The Balaban J connectivity index is 5.05. The van der Waals surface area contributed by atoms with Gasteiger partial charge in [-0.1, -0.05) is 20.8 Å². The van der Waals surface area contributed by atoms with Crippen molar-refractivity contribution in [3.8, 4) is 0 Å². The fraction of sp³-hybridized carbons (Fsp3) is 0.867. The molecular formula is C15H27F2O9P. The van der Waals surface area contributed by atoms with Gasteiger partial charge in [-0.15, -0.1) is 0 Å². The molecule has 0 saturated heterocycles. The van der Waals surface area contributed by atoms with Crippen molar-refractivity contribution in [2.75, 3.05) is 13.6 Å². The lowest BCUT2D eigenvalue weighted by Crippen LogP contribution is -2.36. The second kappa shape index (κ2) is 10.2. The second-order valence-electron chi connectivity index (χ2n) is 6.90. The van der Waals surface area contributed by atoms with E-state index < -0.39 is 56.8 Å². The molecule has 0 aliphatic heterocycles. The quantitative estimate of drug-likeness (QED) is 0.293. The number of carbonyl (C=O) groups is 2. The van der Waals surface area contributed by atoms with E-state index in [0.717, 1.165) is 20.8 Å². The number of hydrogen-bond donors (Lipinski definition) is 0. The maximum Gasteiger partial charge on any atom is 0.510 e. The second-order valence-corrected chi connectivity index (χ2v) is 8.98. The lowest BCUT2D eigenvalue weighted by molar-refractivity contribution is -0.0813. The fourth-order valence-corrected chi connectivity index (χ4v) is 2.95. The lowest BCUT2D eigenvalue weighted by Gasteiger charge is -2.34. The SMILES string of the molecule is CC(C)OC(=O)OCOP(=O)(OCOC(=O)OC(C)C)C(F)(F)C(C)(C)C. The number of hydrogen-bond acceptors (Lipinski definition) is 9. The fourth-order valence-electron chi connectivity index (χ4n) is 1.35. The molecule has 0 amide bonds. The lowest BCUT2D eigenvalue weighted by atomic mass is 9.97. The average Bonchev–Trinajstić information content (AvgIpc) is 2.44. The molecule has 0 atom stereocenters. The van der Waals surface area contributed by atoms with Crippen molar-refractivity contribution in [1.29, 1.82) is 0 Å². The van der Waals surface area contributed by atoms with Crippen LogP contribution in [0.1, 0.15) is 48.5 Å². The Kier molecular flexibility index (Phi) is 9.64. The molecule has 9 nitrogen and oxygen atoms in total. The Bertz CT molecular complexity index is 512. The van der Waals surface area contributed by atoms with Gasteiger partial charge >= 0.3 is 25.6 Å². The number of halogens is 2. The van der Waals surface area contributed by atoms with Crippen molar-refractivity contribution in [2.45, 2.75) is 66.3 Å². The smallest absolute Gasteiger partial charge is 0.432 e. The summed E-state index contributed by atoms with van der Waals surface area (Å²) in [7, 11) is -5.22. The summed E-state index contributed by atoms with van der Waals surface area (Å²) in [5, 5.41) is 0. The van der Waals surface area contributed by atoms with E-state index in [1.165, 1.54) is 27.7 Å². The highest BCUT2D eigenvalue weighted by Crippen LogP contribution is 2.67. The van der Waals surface area contributed by atoms with Crippen LogP contribution >= 0.6 is 7.60 Å². The summed E-state index contributed by atoms with van der Waals surface area (Å²) in [6, 6.07) is 0. The first-order valence-corrected chi connectivity index (χ1v) is 9.60. The van der Waals surface area contributed by atoms with E-state index >= 15 is 0 Å². The number of carbonyl (C=O) groups excluding carboxylic acids is 2. The van der Waals surface area contributed by atoms with E-state index in [0.29, 0.717) is 0 Å². The van der Waals surface area contributed by atoms with Gasteiger partial charge < -0.3 is 18.9 Å². The summed E-state index contributed by atoms with van der Waals surface area (Å²) >= 11 is 0. The van der Waals surface area contributed by atoms with Crippen LogP contribution in [0, 0.1) is 5.41 Å². The zero-order chi connectivity index (χ0) is 21.5. The van der Waals surface area contributed by atoms with Gasteiger partial charge in [-0.2, -0.15) is 8.78 Å². The molecule has 12 heteroatoms. The molecule has 0 bridgehead atoms. The monoisotopic (exact) mass is 420 g/mol. The zero-order valence-electron chi connectivity index (χ0n) is 16.4. The molecule has 0 aromatic rings. The van der Waals surface area contributed by atoms with Crippen molar-refractivity contribution in [3.63, 3.8) is 0 Å². The number of ether oxygens (including phenoxy) is 4. The highest BCUT2D eigenvalue weighted by Gasteiger charge is 2.61. The first-order valence-electron chi connectivity index (χ1n) is 8.06. The summed E-state index contributed by atoms with van der Waals surface area (Å²) in [6.07, 6.45) is -3.44. The third-order valence-corrected chi connectivity index (χ3v) is 4.96. The molecule has 0 N–H and O–H groups in total. The van der Waals surface area contributed by atoms with Crippen molar-refractivity contribution in [2.24, 2.45) is 5.41 Å². The predicted octanol–water partition coefficient (Wildman–Crippen LogP) is 4.89. The Hall–Kier alpha value is -1.45. The topological polar surface area (TPSA) is 107 Å². The molecule has 0 unspecified atom stereocenters. The molecule has 0 heterocycles. The highest BCUT2D eigenvalue weighted by molar-refractivity contribution is 7.55. The van der Waals surface area contributed by atoms with Gasteiger partial charge in [0.15, 0.2) is 0 Å². The van der Waals surface area contributed by atoms with Crippen LogP contribution < -0.4 is 0 Å². The number of rotatable bonds is 9. The molecule has 0 saturated carbocycles. The standard InChI is InChI=1S/C15H27F2O9P/c1-10(2)25-12(18)21-8-23-27(20,15(16,17)14(5,6)7)24-9-22-13(19)26-11(3)4/h10-11H,8-9H2,1-7H3. The van der Waals surface area contributed by atoms with E-state index in [2.05, 4.69) is 28.0 Å². The number of alkyl halides is 2. The van der Waals surface area contributed by atoms with Crippen LogP contribution in [0.5, 0.6) is 0 Å². The minimum Gasteiger partial charge on any atom is -0.432 e. The maximum absolute atomic E-state index is 14.6. The van der Waals surface area contributed by atoms with Gasteiger partial charge in [0.1, 0.15) is 0 Å². The Morgan fingerprint density at radius 2 is 1.19 bits per heavy atom.